The van der Waals surface area contributed by atoms with E-state index >= 15 is 0 Å². The minimum Gasteiger partial charge on any atom is -0.508 e. The highest BCUT2D eigenvalue weighted by molar-refractivity contribution is 7.99. The molecular weight excluding hydrogens is 330 g/mol. The zero-order valence-electron chi connectivity index (χ0n) is 12.3. The van der Waals surface area contributed by atoms with Crippen molar-refractivity contribution in [1.82, 2.24) is 10.4 Å². The van der Waals surface area contributed by atoms with E-state index in [2.05, 4.69) is 15.5 Å². The molecule has 24 heavy (non-hydrogen) atoms. The second kappa shape index (κ2) is 7.05. The number of hydrazone groups is 1. The fraction of sp³-hybridized carbons (Fsp3) is 0.0625. The highest BCUT2D eigenvalue weighted by Crippen LogP contribution is 2.23. The number of amides is 1. The Morgan fingerprint density at radius 3 is 2.92 bits per heavy atom. The second-order valence-corrected chi connectivity index (χ2v) is 5.70. The van der Waals surface area contributed by atoms with Crippen molar-refractivity contribution in [1.29, 1.82) is 0 Å². The third-order valence-electron chi connectivity index (χ3n) is 3.01. The first-order chi connectivity index (χ1) is 11.6. The van der Waals surface area contributed by atoms with Crippen LogP contribution in [0.1, 0.15) is 5.56 Å². The maximum Gasteiger partial charge on any atom is 0.257 e. The molecule has 2 aromatic carbocycles. The number of carbonyl (C=O) groups excluding carboxylic acids is 1. The molecule has 0 aliphatic carbocycles. The molecule has 1 aromatic heterocycles. The predicted octanol–water partition coefficient (Wildman–Crippen LogP) is 2.48. The molecule has 0 saturated carbocycles. The summed E-state index contributed by atoms with van der Waals surface area (Å²) in [4.78, 5) is 16.0. The molecule has 0 atom stereocenters. The molecule has 0 fully saturated rings. The van der Waals surface area contributed by atoms with E-state index in [-0.39, 0.29) is 23.2 Å². The van der Waals surface area contributed by atoms with E-state index < -0.39 is 0 Å². The Bertz CT molecular complexity index is 874. The maximum atomic E-state index is 11.7. The van der Waals surface area contributed by atoms with E-state index in [0.29, 0.717) is 16.4 Å². The molecule has 0 bridgehead atoms. The number of phenolic OH excluding ortho intramolecular Hbond substituents is 2. The standard InChI is InChI=1S/C16H13N3O4S/c20-11-6-5-10(13(21)7-11)8-17-19-15(22)9-24-16-18-12-3-1-2-4-14(12)23-16/h1-8,20-21H,9H2,(H,19,22)/b17-8-. The zero-order chi connectivity index (χ0) is 16.9. The van der Waals surface area contributed by atoms with Gasteiger partial charge in [0.2, 0.25) is 0 Å². The van der Waals surface area contributed by atoms with Crippen molar-refractivity contribution < 1.29 is 19.4 Å². The molecule has 0 unspecified atom stereocenters. The van der Waals surface area contributed by atoms with Gasteiger partial charge in [-0.1, -0.05) is 23.9 Å². The van der Waals surface area contributed by atoms with E-state index in [1.54, 1.807) is 6.07 Å². The van der Waals surface area contributed by atoms with E-state index in [4.69, 9.17) is 4.42 Å². The Balaban J connectivity index is 1.53. The van der Waals surface area contributed by atoms with Crippen molar-refractivity contribution in [3.05, 3.63) is 48.0 Å². The SMILES string of the molecule is O=C(CSc1nc2ccccc2o1)N/N=C\c1ccc(O)cc1O. The van der Waals surface area contributed by atoms with Gasteiger partial charge in [-0.2, -0.15) is 5.10 Å². The van der Waals surface area contributed by atoms with Crippen molar-refractivity contribution in [2.75, 3.05) is 5.75 Å². The molecule has 7 nitrogen and oxygen atoms in total. The molecule has 0 saturated heterocycles. The van der Waals surface area contributed by atoms with Gasteiger partial charge in [0.05, 0.1) is 12.0 Å². The van der Waals surface area contributed by atoms with Gasteiger partial charge in [0.1, 0.15) is 17.0 Å². The summed E-state index contributed by atoms with van der Waals surface area (Å²) >= 11 is 1.16. The highest BCUT2D eigenvalue weighted by atomic mass is 32.2. The molecular formula is C16H13N3O4S. The lowest BCUT2D eigenvalue weighted by atomic mass is 10.2. The zero-order valence-corrected chi connectivity index (χ0v) is 13.2. The number of oxazole rings is 1. The van der Waals surface area contributed by atoms with Gasteiger partial charge in [0.15, 0.2) is 5.58 Å². The van der Waals surface area contributed by atoms with Gasteiger partial charge in [0.25, 0.3) is 11.1 Å². The molecule has 1 amide bonds. The summed E-state index contributed by atoms with van der Waals surface area (Å²) in [6, 6.07) is 11.4. The number of aromatic nitrogens is 1. The minimum absolute atomic E-state index is 0.0524. The summed E-state index contributed by atoms with van der Waals surface area (Å²) in [6.45, 7) is 0. The Kier molecular flexibility index (Phi) is 4.66. The number of thioether (sulfide) groups is 1. The minimum atomic E-state index is -0.336. The van der Waals surface area contributed by atoms with Crippen molar-refractivity contribution in [3.63, 3.8) is 0 Å². The van der Waals surface area contributed by atoms with Gasteiger partial charge in [-0.05, 0) is 24.3 Å². The normalized spacial score (nSPS) is 11.2. The fourth-order valence-corrected chi connectivity index (χ4v) is 2.52. The van der Waals surface area contributed by atoms with Gasteiger partial charge >= 0.3 is 0 Å². The molecule has 122 valence electrons. The number of nitrogens with one attached hydrogen (secondary N) is 1. The first-order valence-electron chi connectivity index (χ1n) is 6.94. The van der Waals surface area contributed by atoms with Gasteiger partial charge in [-0.15, -0.1) is 0 Å². The summed E-state index contributed by atoms with van der Waals surface area (Å²) < 4.78 is 5.50. The first-order valence-corrected chi connectivity index (χ1v) is 7.92. The predicted molar refractivity (Wildman–Crippen MR) is 90.2 cm³/mol. The Labute approximate surface area is 141 Å². The highest BCUT2D eigenvalue weighted by Gasteiger charge is 2.08. The van der Waals surface area contributed by atoms with Gasteiger partial charge in [-0.3, -0.25) is 4.79 Å². The topological polar surface area (TPSA) is 108 Å². The van der Waals surface area contributed by atoms with Crippen LogP contribution in [0.5, 0.6) is 11.5 Å². The molecule has 0 spiro atoms. The quantitative estimate of drug-likeness (QED) is 0.373. The number of hydrogen-bond acceptors (Lipinski definition) is 7. The molecule has 1 heterocycles. The fourth-order valence-electron chi connectivity index (χ4n) is 1.89. The van der Waals surface area contributed by atoms with Gasteiger partial charge in [-0.25, -0.2) is 10.4 Å². The third kappa shape index (κ3) is 3.85. The molecule has 8 heteroatoms. The van der Waals surface area contributed by atoms with Crippen LogP contribution in [0, 0.1) is 0 Å². The Morgan fingerprint density at radius 2 is 2.12 bits per heavy atom. The summed E-state index contributed by atoms with van der Waals surface area (Å²) in [6.07, 6.45) is 1.29. The third-order valence-corrected chi connectivity index (χ3v) is 3.84. The second-order valence-electron chi connectivity index (χ2n) is 4.77. The van der Waals surface area contributed by atoms with Crippen LogP contribution in [0.2, 0.25) is 0 Å². The summed E-state index contributed by atoms with van der Waals surface area (Å²) in [7, 11) is 0. The van der Waals surface area contributed by atoms with Crippen LogP contribution in [0.15, 0.2) is 57.2 Å². The summed E-state index contributed by atoms with van der Waals surface area (Å²) in [5.41, 5.74) is 4.12. The molecule has 0 radical (unpaired) electrons. The number of rotatable bonds is 5. The molecule has 3 N–H and O–H groups in total. The number of carbonyl (C=O) groups is 1. The molecule has 0 aliphatic heterocycles. The van der Waals surface area contributed by atoms with E-state index in [1.165, 1.54) is 24.4 Å². The summed E-state index contributed by atoms with van der Waals surface area (Å²) in [5, 5.41) is 22.9. The number of nitrogens with zero attached hydrogens (tertiary/aromatic N) is 2. The Morgan fingerprint density at radius 1 is 1.29 bits per heavy atom. The van der Waals surface area contributed by atoms with Crippen molar-refractivity contribution >= 4 is 35.0 Å². The number of phenols is 2. The number of aromatic hydroxyl groups is 2. The average Bonchev–Trinajstić information content (AvgIpc) is 2.98. The van der Waals surface area contributed by atoms with E-state index in [9.17, 15) is 15.0 Å². The van der Waals surface area contributed by atoms with Crippen LogP contribution in [0.3, 0.4) is 0 Å². The van der Waals surface area contributed by atoms with Crippen LogP contribution < -0.4 is 5.43 Å². The largest absolute Gasteiger partial charge is 0.508 e. The van der Waals surface area contributed by atoms with E-state index in [0.717, 1.165) is 17.3 Å². The van der Waals surface area contributed by atoms with Crippen molar-refractivity contribution in [2.24, 2.45) is 5.10 Å². The van der Waals surface area contributed by atoms with Crippen LogP contribution in [0.25, 0.3) is 11.1 Å². The summed E-state index contributed by atoms with van der Waals surface area (Å²) in [5.74, 6) is -0.430. The maximum absolute atomic E-state index is 11.7. The smallest absolute Gasteiger partial charge is 0.257 e. The lowest BCUT2D eigenvalue weighted by Gasteiger charge is -2.00. The van der Waals surface area contributed by atoms with Crippen LogP contribution >= 0.6 is 11.8 Å². The first kappa shape index (κ1) is 15.9. The average molecular weight is 343 g/mol. The monoisotopic (exact) mass is 343 g/mol. The molecule has 3 rings (SSSR count). The lowest BCUT2D eigenvalue weighted by molar-refractivity contribution is -0.118. The number of fused-ring (bicyclic) bond motifs is 1. The van der Waals surface area contributed by atoms with Crippen molar-refractivity contribution in [2.45, 2.75) is 5.22 Å². The van der Waals surface area contributed by atoms with E-state index in [1.807, 2.05) is 18.2 Å². The van der Waals surface area contributed by atoms with Crippen LogP contribution in [-0.4, -0.2) is 33.1 Å². The van der Waals surface area contributed by atoms with Gasteiger partial charge in [0, 0.05) is 11.6 Å². The number of benzene rings is 2. The molecule has 3 aromatic rings. The van der Waals surface area contributed by atoms with Crippen LogP contribution in [-0.2, 0) is 4.79 Å². The van der Waals surface area contributed by atoms with Crippen molar-refractivity contribution in [3.8, 4) is 11.5 Å². The lowest BCUT2D eigenvalue weighted by Crippen LogP contribution is -2.19. The van der Waals surface area contributed by atoms with Crippen LogP contribution in [0.4, 0.5) is 0 Å². The van der Waals surface area contributed by atoms with Gasteiger partial charge < -0.3 is 14.6 Å². The Hall–Kier alpha value is -3.00. The number of para-hydroxylation sites is 2. The number of hydrogen-bond donors (Lipinski definition) is 3. The molecule has 0 aliphatic rings.